The van der Waals surface area contributed by atoms with E-state index in [1.165, 1.54) is 11.4 Å². The van der Waals surface area contributed by atoms with Crippen molar-refractivity contribution in [2.45, 2.75) is 52.7 Å². The Morgan fingerprint density at radius 2 is 2.24 bits per heavy atom. The molecule has 0 spiro atoms. The highest BCUT2D eigenvalue weighted by atomic mass is 16.3. The molecule has 0 aliphatic heterocycles. The van der Waals surface area contributed by atoms with Crippen molar-refractivity contribution in [3.05, 3.63) is 35.7 Å². The lowest BCUT2D eigenvalue weighted by Crippen LogP contribution is -2.27. The van der Waals surface area contributed by atoms with Gasteiger partial charge in [0.05, 0.1) is 6.10 Å². The van der Waals surface area contributed by atoms with Crippen molar-refractivity contribution < 1.29 is 5.11 Å². The van der Waals surface area contributed by atoms with Crippen LogP contribution in [0.3, 0.4) is 0 Å². The SMILES string of the molecule is C=CC(C)n1c(C)cc2c1CC(C)(C)CC2O. The van der Waals surface area contributed by atoms with Crippen LogP contribution in [0.5, 0.6) is 0 Å². The van der Waals surface area contributed by atoms with Crippen LogP contribution in [0.2, 0.25) is 0 Å². The molecule has 0 amide bonds. The lowest BCUT2D eigenvalue weighted by molar-refractivity contribution is 0.0978. The molecule has 94 valence electrons. The van der Waals surface area contributed by atoms with E-state index < -0.39 is 0 Å². The Balaban J connectivity index is 2.54. The molecule has 1 aliphatic rings. The number of hydrogen-bond acceptors (Lipinski definition) is 1. The molecule has 0 saturated heterocycles. The van der Waals surface area contributed by atoms with Gasteiger partial charge in [0.2, 0.25) is 0 Å². The van der Waals surface area contributed by atoms with Crippen LogP contribution in [0.15, 0.2) is 18.7 Å². The first kappa shape index (κ1) is 12.4. The first-order valence-electron chi connectivity index (χ1n) is 6.37. The molecule has 0 aromatic carbocycles. The van der Waals surface area contributed by atoms with Crippen molar-refractivity contribution in [2.24, 2.45) is 5.41 Å². The van der Waals surface area contributed by atoms with E-state index in [9.17, 15) is 5.11 Å². The fraction of sp³-hybridized carbons (Fsp3) is 0.600. The lowest BCUT2D eigenvalue weighted by Gasteiger charge is -2.34. The van der Waals surface area contributed by atoms with Gasteiger partial charge in [-0.1, -0.05) is 19.9 Å². The van der Waals surface area contributed by atoms with E-state index in [0.29, 0.717) is 6.04 Å². The van der Waals surface area contributed by atoms with Crippen LogP contribution in [-0.2, 0) is 6.42 Å². The zero-order valence-corrected chi connectivity index (χ0v) is 11.3. The Morgan fingerprint density at radius 1 is 1.59 bits per heavy atom. The van der Waals surface area contributed by atoms with Gasteiger partial charge in [-0.2, -0.15) is 0 Å². The van der Waals surface area contributed by atoms with Crippen LogP contribution in [-0.4, -0.2) is 9.67 Å². The van der Waals surface area contributed by atoms with Gasteiger partial charge in [0, 0.05) is 23.0 Å². The zero-order chi connectivity index (χ0) is 12.8. The van der Waals surface area contributed by atoms with E-state index in [4.69, 9.17) is 0 Å². The summed E-state index contributed by atoms with van der Waals surface area (Å²) < 4.78 is 2.31. The van der Waals surface area contributed by atoms with Gasteiger partial charge in [-0.3, -0.25) is 0 Å². The second kappa shape index (κ2) is 4.02. The summed E-state index contributed by atoms with van der Waals surface area (Å²) in [5.74, 6) is 0. The van der Waals surface area contributed by atoms with Gasteiger partial charge in [-0.25, -0.2) is 0 Å². The lowest BCUT2D eigenvalue weighted by atomic mass is 9.75. The molecule has 2 heteroatoms. The Bertz CT molecular complexity index is 442. The van der Waals surface area contributed by atoms with Gasteiger partial charge in [-0.15, -0.1) is 6.58 Å². The second-order valence-electron chi connectivity index (χ2n) is 6.09. The maximum atomic E-state index is 10.3. The fourth-order valence-electron chi connectivity index (χ4n) is 3.04. The van der Waals surface area contributed by atoms with Crippen molar-refractivity contribution in [2.75, 3.05) is 0 Å². The monoisotopic (exact) mass is 233 g/mol. The Hall–Kier alpha value is -1.02. The predicted octanol–water partition coefficient (Wildman–Crippen LogP) is 3.55. The Kier molecular flexibility index (Phi) is 2.94. The standard InChI is InChI=1S/C15H23NO/c1-6-10(2)16-11(3)7-12-13(16)8-15(4,5)9-14(12)17/h6-7,10,14,17H,1,8-9H2,2-5H3. The van der Waals surface area contributed by atoms with E-state index in [1.54, 1.807) is 0 Å². The number of aromatic nitrogens is 1. The highest BCUT2D eigenvalue weighted by molar-refractivity contribution is 5.34. The zero-order valence-electron chi connectivity index (χ0n) is 11.3. The number of aliphatic hydroxyl groups excluding tert-OH is 1. The predicted molar refractivity (Wildman–Crippen MR) is 71.1 cm³/mol. The molecule has 1 aromatic rings. The average Bonchev–Trinajstić information content (AvgIpc) is 2.52. The minimum atomic E-state index is -0.314. The summed E-state index contributed by atoms with van der Waals surface area (Å²) in [4.78, 5) is 0. The van der Waals surface area contributed by atoms with Crippen LogP contribution in [0.25, 0.3) is 0 Å². The van der Waals surface area contributed by atoms with Gasteiger partial charge in [0.25, 0.3) is 0 Å². The number of nitrogens with zero attached hydrogens (tertiary/aromatic N) is 1. The number of hydrogen-bond donors (Lipinski definition) is 1. The summed E-state index contributed by atoms with van der Waals surface area (Å²) in [6.07, 6.45) is 3.53. The molecule has 0 bridgehead atoms. The molecular weight excluding hydrogens is 210 g/mol. The average molecular weight is 233 g/mol. The minimum Gasteiger partial charge on any atom is -0.388 e. The third kappa shape index (κ3) is 2.06. The highest BCUT2D eigenvalue weighted by Crippen LogP contribution is 2.42. The molecule has 2 rings (SSSR count). The number of aliphatic hydroxyl groups is 1. The van der Waals surface area contributed by atoms with Crippen LogP contribution >= 0.6 is 0 Å². The highest BCUT2D eigenvalue weighted by Gasteiger charge is 2.34. The maximum absolute atomic E-state index is 10.3. The van der Waals surface area contributed by atoms with Gasteiger partial charge >= 0.3 is 0 Å². The third-order valence-electron chi connectivity index (χ3n) is 3.87. The molecule has 0 saturated carbocycles. The molecule has 17 heavy (non-hydrogen) atoms. The largest absolute Gasteiger partial charge is 0.388 e. The van der Waals surface area contributed by atoms with Crippen molar-refractivity contribution in [1.82, 2.24) is 4.57 Å². The molecule has 1 aliphatic carbocycles. The summed E-state index contributed by atoms with van der Waals surface area (Å²) in [6.45, 7) is 12.6. The first-order chi connectivity index (χ1) is 7.85. The molecular formula is C15H23NO. The quantitative estimate of drug-likeness (QED) is 0.776. The molecule has 1 N–H and O–H groups in total. The van der Waals surface area contributed by atoms with Crippen molar-refractivity contribution in [3.63, 3.8) is 0 Å². The minimum absolute atomic E-state index is 0.176. The molecule has 0 fully saturated rings. The summed E-state index contributed by atoms with van der Waals surface area (Å²) in [5, 5.41) is 10.3. The van der Waals surface area contributed by atoms with Crippen molar-refractivity contribution in [1.29, 1.82) is 0 Å². The second-order valence-corrected chi connectivity index (χ2v) is 6.09. The van der Waals surface area contributed by atoms with E-state index in [1.807, 2.05) is 6.08 Å². The molecule has 2 nitrogen and oxygen atoms in total. The number of rotatable bonds is 2. The molecule has 1 aromatic heterocycles. The number of aryl methyl sites for hydroxylation is 1. The molecule has 2 atom stereocenters. The van der Waals surface area contributed by atoms with Gasteiger partial charge in [-0.05, 0) is 38.2 Å². The Labute approximate surface area is 104 Å². The molecule has 0 radical (unpaired) electrons. The van der Waals surface area contributed by atoms with E-state index in [2.05, 4.69) is 44.9 Å². The summed E-state index contributed by atoms with van der Waals surface area (Å²) in [6, 6.07) is 2.43. The normalized spacial score (nSPS) is 24.2. The summed E-state index contributed by atoms with van der Waals surface area (Å²) in [7, 11) is 0. The van der Waals surface area contributed by atoms with Gasteiger partial charge < -0.3 is 9.67 Å². The molecule has 1 heterocycles. The van der Waals surface area contributed by atoms with Crippen LogP contribution in [0, 0.1) is 12.3 Å². The number of allylic oxidation sites excluding steroid dienone is 1. The van der Waals surface area contributed by atoms with Crippen molar-refractivity contribution >= 4 is 0 Å². The van der Waals surface area contributed by atoms with Crippen LogP contribution < -0.4 is 0 Å². The van der Waals surface area contributed by atoms with Crippen molar-refractivity contribution in [3.8, 4) is 0 Å². The number of fused-ring (bicyclic) bond motifs is 1. The van der Waals surface area contributed by atoms with Gasteiger partial charge in [0.1, 0.15) is 0 Å². The first-order valence-corrected chi connectivity index (χ1v) is 6.37. The van der Waals surface area contributed by atoms with Crippen LogP contribution in [0.4, 0.5) is 0 Å². The fourth-order valence-corrected chi connectivity index (χ4v) is 3.04. The third-order valence-corrected chi connectivity index (χ3v) is 3.87. The molecule has 2 unspecified atom stereocenters. The topological polar surface area (TPSA) is 25.2 Å². The summed E-state index contributed by atoms with van der Waals surface area (Å²) >= 11 is 0. The van der Waals surface area contributed by atoms with E-state index in [0.717, 1.165) is 18.4 Å². The van der Waals surface area contributed by atoms with E-state index >= 15 is 0 Å². The summed E-state index contributed by atoms with van der Waals surface area (Å²) in [5.41, 5.74) is 3.81. The smallest absolute Gasteiger partial charge is 0.0812 e. The Morgan fingerprint density at radius 3 is 2.82 bits per heavy atom. The van der Waals surface area contributed by atoms with Gasteiger partial charge in [0.15, 0.2) is 0 Å². The van der Waals surface area contributed by atoms with Crippen LogP contribution in [0.1, 0.15) is 56.3 Å². The van der Waals surface area contributed by atoms with E-state index in [-0.39, 0.29) is 11.5 Å². The maximum Gasteiger partial charge on any atom is 0.0812 e.